The number of amides is 1. The predicted molar refractivity (Wildman–Crippen MR) is 56.0 cm³/mol. The largest absolute Gasteiger partial charge is 0.341 e. The Balaban J connectivity index is 2.40. The van der Waals surface area contributed by atoms with E-state index in [2.05, 4.69) is 25.3 Å². The molecule has 0 unspecified atom stereocenters. The summed E-state index contributed by atoms with van der Waals surface area (Å²) in [6.45, 7) is 0. The Morgan fingerprint density at radius 2 is 2.33 bits per heavy atom. The smallest absolute Gasteiger partial charge is 0.241 e. The molecule has 1 amide bonds. The lowest BCUT2D eigenvalue weighted by Gasteiger charge is -2.00. The summed E-state index contributed by atoms with van der Waals surface area (Å²) in [6, 6.07) is 0. The van der Waals surface area contributed by atoms with Crippen LogP contribution in [0, 0.1) is 0 Å². The average molecular weight is 246 g/mol. The Bertz CT molecular complexity index is 511. The third kappa shape index (κ3) is 2.00. The van der Waals surface area contributed by atoms with Crippen LogP contribution in [0.25, 0.3) is 11.2 Å². The SMILES string of the molecule is O=C(CCl)Nc1nc(Cl)c2[nH]cnc2n1. The number of nitrogens with zero attached hydrogens (tertiary/aromatic N) is 3. The lowest BCUT2D eigenvalue weighted by molar-refractivity contribution is -0.114. The number of hydrogen-bond donors (Lipinski definition) is 2. The number of hydrogen-bond acceptors (Lipinski definition) is 4. The molecule has 0 saturated carbocycles. The number of nitrogens with one attached hydrogen (secondary N) is 2. The molecular weight excluding hydrogens is 241 g/mol. The standard InChI is InChI=1S/C7H5Cl2N5O/c8-1-3(15)12-7-13-5(9)4-6(14-7)11-2-10-4/h2H,1H2,(H2,10,11,12,13,14,15). The molecule has 78 valence electrons. The van der Waals surface area contributed by atoms with E-state index in [1.165, 1.54) is 6.33 Å². The topological polar surface area (TPSA) is 83.6 Å². The van der Waals surface area contributed by atoms with Gasteiger partial charge >= 0.3 is 0 Å². The third-order valence-electron chi connectivity index (χ3n) is 1.61. The van der Waals surface area contributed by atoms with Gasteiger partial charge in [-0.05, 0) is 0 Å². The zero-order valence-corrected chi connectivity index (χ0v) is 8.80. The zero-order chi connectivity index (χ0) is 10.8. The summed E-state index contributed by atoms with van der Waals surface area (Å²) in [6.07, 6.45) is 1.44. The molecule has 0 fully saturated rings. The van der Waals surface area contributed by atoms with Crippen molar-refractivity contribution in [3.63, 3.8) is 0 Å². The minimum absolute atomic E-state index is 0.0882. The first-order valence-electron chi connectivity index (χ1n) is 3.93. The molecule has 8 heteroatoms. The third-order valence-corrected chi connectivity index (χ3v) is 2.13. The van der Waals surface area contributed by atoms with Gasteiger partial charge in [-0.1, -0.05) is 11.6 Å². The molecule has 15 heavy (non-hydrogen) atoms. The molecule has 0 aromatic carbocycles. The van der Waals surface area contributed by atoms with Crippen molar-refractivity contribution < 1.29 is 4.79 Å². The van der Waals surface area contributed by atoms with Gasteiger partial charge in [0.1, 0.15) is 11.4 Å². The molecule has 2 aromatic heterocycles. The van der Waals surface area contributed by atoms with Crippen LogP contribution in [0.5, 0.6) is 0 Å². The minimum Gasteiger partial charge on any atom is -0.341 e. The van der Waals surface area contributed by atoms with Crippen molar-refractivity contribution in [3.8, 4) is 0 Å². The Kier molecular flexibility index (Phi) is 2.70. The molecule has 2 N–H and O–H groups in total. The van der Waals surface area contributed by atoms with Gasteiger partial charge in [-0.25, -0.2) is 4.98 Å². The fourth-order valence-corrected chi connectivity index (χ4v) is 1.30. The van der Waals surface area contributed by atoms with Gasteiger partial charge in [-0.3, -0.25) is 10.1 Å². The van der Waals surface area contributed by atoms with Gasteiger partial charge in [0.05, 0.1) is 6.33 Å². The molecule has 0 bridgehead atoms. The van der Waals surface area contributed by atoms with Crippen molar-refractivity contribution >= 4 is 46.2 Å². The number of aromatic amines is 1. The van der Waals surface area contributed by atoms with Crippen molar-refractivity contribution in [2.45, 2.75) is 0 Å². The van der Waals surface area contributed by atoms with Crippen LogP contribution < -0.4 is 5.32 Å². The first kappa shape index (κ1) is 10.1. The van der Waals surface area contributed by atoms with Crippen LogP contribution in [0.2, 0.25) is 5.15 Å². The Labute approximate surface area is 94.0 Å². The second-order valence-corrected chi connectivity index (χ2v) is 3.25. The van der Waals surface area contributed by atoms with Crippen LogP contribution in [0.1, 0.15) is 0 Å². The molecule has 0 saturated heterocycles. The zero-order valence-electron chi connectivity index (χ0n) is 7.29. The Morgan fingerprint density at radius 3 is 3.07 bits per heavy atom. The fraction of sp³-hybridized carbons (Fsp3) is 0.143. The summed E-state index contributed by atoms with van der Waals surface area (Å²) >= 11 is 11.1. The number of aromatic nitrogens is 4. The molecule has 2 heterocycles. The molecule has 0 radical (unpaired) electrons. The molecule has 0 spiro atoms. The van der Waals surface area contributed by atoms with Gasteiger partial charge in [-0.15, -0.1) is 11.6 Å². The van der Waals surface area contributed by atoms with Crippen molar-refractivity contribution in [1.82, 2.24) is 19.9 Å². The number of fused-ring (bicyclic) bond motifs is 1. The molecule has 0 aliphatic rings. The lowest BCUT2D eigenvalue weighted by Crippen LogP contribution is -2.15. The molecular formula is C7H5Cl2N5O. The number of carbonyl (C=O) groups excluding carboxylic acids is 1. The first-order valence-corrected chi connectivity index (χ1v) is 4.84. The number of halogens is 2. The van der Waals surface area contributed by atoms with Gasteiger partial charge < -0.3 is 4.98 Å². The van der Waals surface area contributed by atoms with Gasteiger partial charge in [0.25, 0.3) is 0 Å². The van der Waals surface area contributed by atoms with E-state index >= 15 is 0 Å². The quantitative estimate of drug-likeness (QED) is 0.615. The number of anilines is 1. The van der Waals surface area contributed by atoms with E-state index in [1.807, 2.05) is 0 Å². The van der Waals surface area contributed by atoms with Crippen LogP contribution in [-0.4, -0.2) is 31.7 Å². The maximum absolute atomic E-state index is 11.0. The van der Waals surface area contributed by atoms with Crippen LogP contribution >= 0.6 is 23.2 Å². The summed E-state index contributed by atoms with van der Waals surface area (Å²) in [5.41, 5.74) is 0.917. The lowest BCUT2D eigenvalue weighted by atomic mass is 10.5. The number of alkyl halides is 1. The summed E-state index contributed by atoms with van der Waals surface area (Å²) in [5, 5.41) is 2.58. The van der Waals surface area contributed by atoms with Crippen molar-refractivity contribution in [2.75, 3.05) is 11.2 Å². The second-order valence-electron chi connectivity index (χ2n) is 2.62. The summed E-state index contributed by atoms with van der Waals surface area (Å²) < 4.78 is 0. The van der Waals surface area contributed by atoms with E-state index < -0.39 is 5.91 Å². The normalized spacial score (nSPS) is 10.5. The van der Waals surface area contributed by atoms with Crippen LogP contribution in [0.15, 0.2) is 6.33 Å². The van der Waals surface area contributed by atoms with Crippen LogP contribution in [0.4, 0.5) is 5.95 Å². The van der Waals surface area contributed by atoms with E-state index in [0.29, 0.717) is 11.2 Å². The Hall–Kier alpha value is -1.40. The van der Waals surface area contributed by atoms with E-state index in [-0.39, 0.29) is 17.0 Å². The molecule has 6 nitrogen and oxygen atoms in total. The molecule has 0 aliphatic carbocycles. The van der Waals surface area contributed by atoms with Gasteiger partial charge in [0, 0.05) is 0 Å². The summed E-state index contributed by atoms with van der Waals surface area (Å²) in [5.74, 6) is -0.479. The minimum atomic E-state index is -0.400. The number of imidazole rings is 1. The van der Waals surface area contributed by atoms with Crippen LogP contribution in [0.3, 0.4) is 0 Å². The highest BCUT2D eigenvalue weighted by Gasteiger charge is 2.09. The maximum Gasteiger partial charge on any atom is 0.241 e. The van der Waals surface area contributed by atoms with Crippen molar-refractivity contribution in [2.24, 2.45) is 0 Å². The van der Waals surface area contributed by atoms with Gasteiger partial charge in [0.2, 0.25) is 11.9 Å². The molecule has 2 aromatic rings. The first-order chi connectivity index (χ1) is 7.20. The number of H-pyrrole nitrogens is 1. The molecule has 2 rings (SSSR count). The second kappa shape index (κ2) is 4.00. The average Bonchev–Trinajstić information content (AvgIpc) is 2.66. The fourth-order valence-electron chi connectivity index (χ4n) is 1.01. The van der Waals surface area contributed by atoms with Crippen LogP contribution in [-0.2, 0) is 4.79 Å². The van der Waals surface area contributed by atoms with Gasteiger partial charge in [-0.2, -0.15) is 9.97 Å². The van der Waals surface area contributed by atoms with Crippen molar-refractivity contribution in [1.29, 1.82) is 0 Å². The van der Waals surface area contributed by atoms with E-state index in [9.17, 15) is 4.79 Å². The highest BCUT2D eigenvalue weighted by molar-refractivity contribution is 6.33. The maximum atomic E-state index is 11.0. The summed E-state index contributed by atoms with van der Waals surface area (Å²) in [7, 11) is 0. The van der Waals surface area contributed by atoms with E-state index in [0.717, 1.165) is 0 Å². The van der Waals surface area contributed by atoms with Crippen molar-refractivity contribution in [3.05, 3.63) is 11.5 Å². The highest BCUT2D eigenvalue weighted by atomic mass is 35.5. The molecule has 0 aliphatic heterocycles. The predicted octanol–water partition coefficient (Wildman–Crippen LogP) is 1.18. The summed E-state index contributed by atoms with van der Waals surface area (Å²) in [4.78, 5) is 25.5. The Morgan fingerprint density at radius 1 is 1.53 bits per heavy atom. The highest BCUT2D eigenvalue weighted by Crippen LogP contribution is 2.17. The monoisotopic (exact) mass is 245 g/mol. The number of rotatable bonds is 2. The van der Waals surface area contributed by atoms with E-state index in [4.69, 9.17) is 23.2 Å². The van der Waals surface area contributed by atoms with E-state index in [1.54, 1.807) is 0 Å². The molecule has 0 atom stereocenters. The number of carbonyl (C=O) groups is 1. The van der Waals surface area contributed by atoms with Gasteiger partial charge in [0.15, 0.2) is 10.8 Å².